The first-order valence-corrected chi connectivity index (χ1v) is 11.6. The van der Waals surface area contributed by atoms with Crippen LogP contribution in [0.15, 0.2) is 133 Å². The van der Waals surface area contributed by atoms with Crippen LogP contribution in [0.4, 0.5) is 34.1 Å². The molecule has 0 saturated carbocycles. The SMILES string of the molecule is Cc1ccc(N(c2ccccc2)c2cccc(N(c3ccccc3)c3ccccc3)c2)c(C)c1. The predicted molar refractivity (Wildman–Crippen MR) is 145 cm³/mol. The van der Waals surface area contributed by atoms with Gasteiger partial charge in [-0.3, -0.25) is 0 Å². The van der Waals surface area contributed by atoms with Crippen LogP contribution in [-0.4, -0.2) is 0 Å². The number of aryl methyl sites for hydroxylation is 2. The second kappa shape index (κ2) is 9.68. The van der Waals surface area contributed by atoms with E-state index in [-0.39, 0.29) is 0 Å². The van der Waals surface area contributed by atoms with Gasteiger partial charge >= 0.3 is 0 Å². The summed E-state index contributed by atoms with van der Waals surface area (Å²) in [6.07, 6.45) is 0. The van der Waals surface area contributed by atoms with Crippen molar-refractivity contribution in [2.75, 3.05) is 9.80 Å². The van der Waals surface area contributed by atoms with Gasteiger partial charge in [-0.15, -0.1) is 0 Å². The van der Waals surface area contributed by atoms with Crippen molar-refractivity contribution in [2.24, 2.45) is 0 Å². The highest BCUT2D eigenvalue weighted by Gasteiger charge is 2.17. The zero-order valence-corrected chi connectivity index (χ0v) is 19.6. The summed E-state index contributed by atoms with van der Waals surface area (Å²) in [5.41, 5.74) is 9.32. The molecular weight excluding hydrogens is 412 g/mol. The third-order valence-electron chi connectivity index (χ3n) is 5.98. The molecule has 0 aliphatic carbocycles. The van der Waals surface area contributed by atoms with Crippen LogP contribution in [-0.2, 0) is 0 Å². The Morgan fingerprint density at radius 3 is 1.32 bits per heavy atom. The maximum atomic E-state index is 2.34. The lowest BCUT2D eigenvalue weighted by Gasteiger charge is -2.30. The average molecular weight is 441 g/mol. The molecule has 0 heterocycles. The number of nitrogens with zero attached hydrogens (tertiary/aromatic N) is 2. The molecule has 5 aromatic carbocycles. The van der Waals surface area contributed by atoms with Gasteiger partial charge in [0.05, 0.1) is 0 Å². The minimum atomic E-state index is 1.11. The van der Waals surface area contributed by atoms with E-state index in [2.05, 4.69) is 157 Å². The van der Waals surface area contributed by atoms with Gasteiger partial charge in [-0.2, -0.15) is 0 Å². The molecule has 0 radical (unpaired) electrons. The maximum Gasteiger partial charge on any atom is 0.0490 e. The highest BCUT2D eigenvalue weighted by atomic mass is 15.2. The summed E-state index contributed by atoms with van der Waals surface area (Å²) in [5, 5.41) is 0. The Morgan fingerprint density at radius 2 is 0.824 bits per heavy atom. The summed E-state index contributed by atoms with van der Waals surface area (Å²) in [7, 11) is 0. The second-order valence-corrected chi connectivity index (χ2v) is 8.49. The molecule has 2 heteroatoms. The van der Waals surface area contributed by atoms with Gasteiger partial charge in [0.25, 0.3) is 0 Å². The van der Waals surface area contributed by atoms with Crippen molar-refractivity contribution in [3.8, 4) is 0 Å². The fraction of sp³-hybridized carbons (Fsp3) is 0.0625. The molecule has 166 valence electrons. The van der Waals surface area contributed by atoms with E-state index in [0.717, 1.165) is 28.4 Å². The summed E-state index contributed by atoms with van der Waals surface area (Å²) in [6, 6.07) is 47.1. The Kier molecular flexibility index (Phi) is 6.13. The van der Waals surface area contributed by atoms with Gasteiger partial charge in [-0.05, 0) is 80.1 Å². The zero-order chi connectivity index (χ0) is 23.3. The molecule has 0 bridgehead atoms. The van der Waals surface area contributed by atoms with Crippen LogP contribution in [0, 0.1) is 13.8 Å². The number of hydrogen-bond donors (Lipinski definition) is 0. The molecule has 0 unspecified atom stereocenters. The molecule has 34 heavy (non-hydrogen) atoms. The maximum absolute atomic E-state index is 2.34. The van der Waals surface area contributed by atoms with Gasteiger partial charge in [0.2, 0.25) is 0 Å². The number of para-hydroxylation sites is 3. The third kappa shape index (κ3) is 4.44. The van der Waals surface area contributed by atoms with Crippen LogP contribution < -0.4 is 9.80 Å². The number of benzene rings is 5. The molecule has 2 nitrogen and oxygen atoms in total. The number of rotatable bonds is 6. The highest BCUT2D eigenvalue weighted by Crippen LogP contribution is 2.41. The molecule has 0 saturated heterocycles. The Balaban J connectivity index is 1.67. The van der Waals surface area contributed by atoms with Crippen molar-refractivity contribution >= 4 is 34.1 Å². The summed E-state index contributed by atoms with van der Waals surface area (Å²) in [5.74, 6) is 0. The monoisotopic (exact) mass is 440 g/mol. The van der Waals surface area contributed by atoms with Gasteiger partial charge < -0.3 is 9.80 Å². The van der Waals surface area contributed by atoms with E-state index in [1.165, 1.54) is 16.8 Å². The minimum absolute atomic E-state index is 1.11. The quantitative estimate of drug-likeness (QED) is 0.259. The molecule has 5 rings (SSSR count). The molecule has 0 amide bonds. The van der Waals surface area contributed by atoms with Crippen molar-refractivity contribution < 1.29 is 0 Å². The molecule has 0 aliphatic heterocycles. The van der Waals surface area contributed by atoms with Gasteiger partial charge in [0.15, 0.2) is 0 Å². The number of hydrogen-bond acceptors (Lipinski definition) is 2. The van der Waals surface area contributed by atoms with E-state index < -0.39 is 0 Å². The van der Waals surface area contributed by atoms with Crippen LogP contribution in [0.3, 0.4) is 0 Å². The van der Waals surface area contributed by atoms with Crippen LogP contribution in [0.5, 0.6) is 0 Å². The van der Waals surface area contributed by atoms with E-state index in [1.807, 2.05) is 0 Å². The van der Waals surface area contributed by atoms with E-state index in [4.69, 9.17) is 0 Å². The van der Waals surface area contributed by atoms with Crippen molar-refractivity contribution in [3.63, 3.8) is 0 Å². The van der Waals surface area contributed by atoms with Gasteiger partial charge in [0.1, 0.15) is 0 Å². The van der Waals surface area contributed by atoms with Crippen LogP contribution >= 0.6 is 0 Å². The molecule has 5 aromatic rings. The smallest absolute Gasteiger partial charge is 0.0490 e. The molecular formula is C32H28N2. The summed E-state index contributed by atoms with van der Waals surface area (Å²) < 4.78 is 0. The molecule has 0 atom stereocenters. The number of anilines is 6. The fourth-order valence-corrected chi connectivity index (χ4v) is 4.43. The predicted octanol–water partition coefficient (Wildman–Crippen LogP) is 9.24. The van der Waals surface area contributed by atoms with E-state index in [1.54, 1.807) is 0 Å². The Labute approximate surface area is 202 Å². The third-order valence-corrected chi connectivity index (χ3v) is 5.98. The largest absolute Gasteiger partial charge is 0.310 e. The average Bonchev–Trinajstić information content (AvgIpc) is 2.88. The highest BCUT2D eigenvalue weighted by molar-refractivity contribution is 5.83. The summed E-state index contributed by atoms with van der Waals surface area (Å²) in [6.45, 7) is 4.32. The summed E-state index contributed by atoms with van der Waals surface area (Å²) >= 11 is 0. The second-order valence-electron chi connectivity index (χ2n) is 8.49. The first kappa shape index (κ1) is 21.5. The van der Waals surface area contributed by atoms with Gasteiger partial charge in [-0.1, -0.05) is 78.4 Å². The summed E-state index contributed by atoms with van der Waals surface area (Å²) in [4.78, 5) is 4.64. The first-order valence-electron chi connectivity index (χ1n) is 11.6. The molecule has 0 fully saturated rings. The van der Waals surface area contributed by atoms with E-state index in [0.29, 0.717) is 0 Å². The Bertz CT molecular complexity index is 1320. The lowest BCUT2D eigenvalue weighted by atomic mass is 10.1. The van der Waals surface area contributed by atoms with Crippen molar-refractivity contribution in [1.82, 2.24) is 0 Å². The normalized spacial score (nSPS) is 10.6. The minimum Gasteiger partial charge on any atom is -0.310 e. The first-order chi connectivity index (χ1) is 16.7. The van der Waals surface area contributed by atoms with Gasteiger partial charge in [0, 0.05) is 34.1 Å². The zero-order valence-electron chi connectivity index (χ0n) is 19.6. The lowest BCUT2D eigenvalue weighted by Crippen LogP contribution is -2.13. The van der Waals surface area contributed by atoms with Crippen molar-refractivity contribution in [1.29, 1.82) is 0 Å². The Hall–Kier alpha value is -4.30. The van der Waals surface area contributed by atoms with Crippen molar-refractivity contribution in [2.45, 2.75) is 13.8 Å². The van der Waals surface area contributed by atoms with Crippen LogP contribution in [0.2, 0.25) is 0 Å². The van der Waals surface area contributed by atoms with E-state index in [9.17, 15) is 0 Å². The topological polar surface area (TPSA) is 6.48 Å². The van der Waals surface area contributed by atoms with Crippen molar-refractivity contribution in [3.05, 3.63) is 145 Å². The van der Waals surface area contributed by atoms with Crippen LogP contribution in [0.1, 0.15) is 11.1 Å². The van der Waals surface area contributed by atoms with Gasteiger partial charge in [-0.25, -0.2) is 0 Å². The molecule has 0 N–H and O–H groups in total. The van der Waals surface area contributed by atoms with E-state index >= 15 is 0 Å². The Morgan fingerprint density at radius 1 is 0.382 bits per heavy atom. The molecule has 0 aromatic heterocycles. The molecule has 0 aliphatic rings. The fourth-order valence-electron chi connectivity index (χ4n) is 4.43. The van der Waals surface area contributed by atoms with Crippen LogP contribution in [0.25, 0.3) is 0 Å². The standard InChI is InChI=1S/C32H28N2/c1-25-21-22-32(26(2)23-25)34(29-17-10-5-11-18-29)31-20-12-19-30(24-31)33(27-13-6-3-7-14-27)28-15-8-4-9-16-28/h3-24H,1-2H3. The molecule has 0 spiro atoms. The lowest BCUT2D eigenvalue weighted by molar-refractivity contribution is 1.22.